The highest BCUT2D eigenvalue weighted by molar-refractivity contribution is 6.32. The zero-order chi connectivity index (χ0) is 14.7. The highest BCUT2D eigenvalue weighted by Gasteiger charge is 2.09. The van der Waals surface area contributed by atoms with Crippen molar-refractivity contribution in [2.24, 2.45) is 0 Å². The van der Waals surface area contributed by atoms with Crippen molar-refractivity contribution in [1.29, 1.82) is 0 Å². The molecule has 0 aromatic heterocycles. The van der Waals surface area contributed by atoms with Gasteiger partial charge in [0.05, 0.1) is 5.02 Å². The molecule has 0 atom stereocenters. The van der Waals surface area contributed by atoms with Gasteiger partial charge in [0, 0.05) is 11.3 Å². The van der Waals surface area contributed by atoms with Crippen LogP contribution in [0.5, 0.6) is 5.75 Å². The van der Waals surface area contributed by atoms with Gasteiger partial charge in [-0.25, -0.2) is 0 Å². The summed E-state index contributed by atoms with van der Waals surface area (Å²) >= 11 is 5.79. The number of hydrogen-bond donors (Lipinski definition) is 2. The molecular weight excluding hydrogens is 274 g/mol. The Morgan fingerprint density at radius 2 is 1.80 bits per heavy atom. The van der Waals surface area contributed by atoms with E-state index in [4.69, 9.17) is 11.6 Å². The summed E-state index contributed by atoms with van der Waals surface area (Å²) in [6, 6.07) is 12.1. The lowest BCUT2D eigenvalue weighted by atomic mass is 10.0. The first-order valence-electron chi connectivity index (χ1n) is 6.37. The molecule has 0 saturated heterocycles. The highest BCUT2D eigenvalue weighted by Crippen LogP contribution is 2.24. The number of aromatic hydroxyl groups is 1. The van der Waals surface area contributed by atoms with E-state index >= 15 is 0 Å². The van der Waals surface area contributed by atoms with Crippen molar-refractivity contribution in [3.63, 3.8) is 0 Å². The fourth-order valence-electron chi connectivity index (χ4n) is 1.80. The van der Waals surface area contributed by atoms with Gasteiger partial charge in [-0.05, 0) is 41.8 Å². The van der Waals surface area contributed by atoms with Gasteiger partial charge in [-0.1, -0.05) is 37.6 Å². The third kappa shape index (κ3) is 3.31. The standard InChI is InChI=1S/C16H16ClNO2/c1-10(2)11-3-6-13(7-4-11)18-16(20)12-5-8-15(19)14(17)9-12/h3-10,19H,1-2H3,(H,18,20). The molecule has 2 rings (SSSR count). The van der Waals surface area contributed by atoms with Crippen LogP contribution in [0.4, 0.5) is 5.69 Å². The first-order chi connectivity index (χ1) is 9.47. The molecule has 2 aromatic rings. The molecule has 0 unspecified atom stereocenters. The maximum Gasteiger partial charge on any atom is 0.255 e. The molecule has 0 fully saturated rings. The molecule has 0 saturated carbocycles. The van der Waals surface area contributed by atoms with E-state index in [0.29, 0.717) is 11.5 Å². The second kappa shape index (κ2) is 5.97. The molecule has 2 aromatic carbocycles. The number of halogens is 1. The summed E-state index contributed by atoms with van der Waals surface area (Å²) in [5, 5.41) is 12.3. The Hall–Kier alpha value is -2.00. The van der Waals surface area contributed by atoms with E-state index in [-0.39, 0.29) is 16.7 Å². The van der Waals surface area contributed by atoms with Crippen LogP contribution in [0.2, 0.25) is 5.02 Å². The molecule has 0 bridgehead atoms. The van der Waals surface area contributed by atoms with Gasteiger partial charge in [0.15, 0.2) is 0 Å². The van der Waals surface area contributed by atoms with Crippen LogP contribution < -0.4 is 5.32 Å². The Balaban J connectivity index is 2.12. The van der Waals surface area contributed by atoms with Gasteiger partial charge in [0.1, 0.15) is 5.75 Å². The SMILES string of the molecule is CC(C)c1ccc(NC(=O)c2ccc(O)c(Cl)c2)cc1. The summed E-state index contributed by atoms with van der Waals surface area (Å²) in [7, 11) is 0. The summed E-state index contributed by atoms with van der Waals surface area (Å²) < 4.78 is 0. The second-order valence-electron chi connectivity index (χ2n) is 4.90. The van der Waals surface area contributed by atoms with Crippen LogP contribution in [0.15, 0.2) is 42.5 Å². The lowest BCUT2D eigenvalue weighted by Crippen LogP contribution is -2.11. The van der Waals surface area contributed by atoms with Crippen molar-refractivity contribution in [1.82, 2.24) is 0 Å². The minimum Gasteiger partial charge on any atom is -0.506 e. The number of hydrogen-bond acceptors (Lipinski definition) is 2. The predicted molar refractivity (Wildman–Crippen MR) is 81.6 cm³/mol. The molecule has 1 amide bonds. The minimum atomic E-state index is -0.260. The molecule has 0 radical (unpaired) electrons. The van der Waals surface area contributed by atoms with Crippen molar-refractivity contribution in [2.45, 2.75) is 19.8 Å². The number of benzene rings is 2. The van der Waals surface area contributed by atoms with Crippen molar-refractivity contribution in [3.8, 4) is 5.75 Å². The Kier molecular flexibility index (Phi) is 4.30. The van der Waals surface area contributed by atoms with Crippen LogP contribution in [0, 0.1) is 0 Å². The van der Waals surface area contributed by atoms with Gasteiger partial charge in [-0.15, -0.1) is 0 Å². The fourth-order valence-corrected chi connectivity index (χ4v) is 1.98. The summed E-state index contributed by atoms with van der Waals surface area (Å²) in [4.78, 5) is 12.0. The average Bonchev–Trinajstić information content (AvgIpc) is 2.42. The molecule has 104 valence electrons. The molecular formula is C16H16ClNO2. The van der Waals surface area contributed by atoms with E-state index in [9.17, 15) is 9.90 Å². The van der Waals surface area contributed by atoms with Crippen LogP contribution in [-0.2, 0) is 0 Å². The number of anilines is 1. The van der Waals surface area contributed by atoms with Crippen LogP contribution >= 0.6 is 11.6 Å². The minimum absolute atomic E-state index is 0.0375. The first kappa shape index (κ1) is 14.4. The first-order valence-corrected chi connectivity index (χ1v) is 6.75. The van der Waals surface area contributed by atoms with E-state index in [1.54, 1.807) is 0 Å². The van der Waals surface area contributed by atoms with Gasteiger partial charge >= 0.3 is 0 Å². The van der Waals surface area contributed by atoms with Crippen LogP contribution in [0.25, 0.3) is 0 Å². The van der Waals surface area contributed by atoms with E-state index < -0.39 is 0 Å². The lowest BCUT2D eigenvalue weighted by Gasteiger charge is -2.09. The summed E-state index contributed by atoms with van der Waals surface area (Å²) in [6.07, 6.45) is 0. The Morgan fingerprint density at radius 3 is 2.35 bits per heavy atom. The quantitative estimate of drug-likeness (QED) is 0.878. The van der Waals surface area contributed by atoms with Crippen molar-refractivity contribution in [2.75, 3.05) is 5.32 Å². The molecule has 4 heteroatoms. The Labute approximate surface area is 123 Å². The predicted octanol–water partition coefficient (Wildman–Crippen LogP) is 4.42. The molecule has 2 N–H and O–H groups in total. The van der Waals surface area contributed by atoms with Crippen LogP contribution in [0.3, 0.4) is 0 Å². The summed E-state index contributed by atoms with van der Waals surface area (Å²) in [5.74, 6) is 0.157. The summed E-state index contributed by atoms with van der Waals surface area (Å²) in [6.45, 7) is 4.23. The molecule has 0 heterocycles. The van der Waals surface area contributed by atoms with Gasteiger partial charge in [-0.2, -0.15) is 0 Å². The number of phenolic OH excluding ortho intramolecular Hbond substituents is 1. The molecule has 3 nitrogen and oxygen atoms in total. The zero-order valence-electron chi connectivity index (χ0n) is 11.4. The zero-order valence-corrected chi connectivity index (χ0v) is 12.1. The average molecular weight is 290 g/mol. The number of carbonyl (C=O) groups excluding carboxylic acids is 1. The largest absolute Gasteiger partial charge is 0.506 e. The Morgan fingerprint density at radius 1 is 1.15 bits per heavy atom. The molecule has 0 aliphatic rings. The summed E-state index contributed by atoms with van der Waals surface area (Å²) in [5.41, 5.74) is 2.35. The fraction of sp³-hybridized carbons (Fsp3) is 0.188. The number of amides is 1. The van der Waals surface area contributed by atoms with Gasteiger partial charge in [0.25, 0.3) is 5.91 Å². The maximum atomic E-state index is 12.0. The van der Waals surface area contributed by atoms with Gasteiger partial charge in [-0.3, -0.25) is 4.79 Å². The number of nitrogens with one attached hydrogen (secondary N) is 1. The second-order valence-corrected chi connectivity index (χ2v) is 5.30. The van der Waals surface area contributed by atoms with E-state index in [1.165, 1.54) is 23.8 Å². The van der Waals surface area contributed by atoms with E-state index in [2.05, 4.69) is 19.2 Å². The molecule has 0 aliphatic carbocycles. The van der Waals surface area contributed by atoms with Crippen LogP contribution in [-0.4, -0.2) is 11.0 Å². The topological polar surface area (TPSA) is 49.3 Å². The smallest absolute Gasteiger partial charge is 0.255 e. The van der Waals surface area contributed by atoms with Crippen molar-refractivity contribution >= 4 is 23.2 Å². The molecule has 20 heavy (non-hydrogen) atoms. The number of rotatable bonds is 3. The maximum absolute atomic E-state index is 12.0. The third-order valence-electron chi connectivity index (χ3n) is 3.05. The third-order valence-corrected chi connectivity index (χ3v) is 3.35. The Bertz CT molecular complexity index is 621. The van der Waals surface area contributed by atoms with E-state index in [1.807, 2.05) is 24.3 Å². The van der Waals surface area contributed by atoms with Gasteiger partial charge < -0.3 is 10.4 Å². The molecule has 0 spiro atoms. The number of carbonyl (C=O) groups is 1. The van der Waals surface area contributed by atoms with Crippen molar-refractivity contribution < 1.29 is 9.90 Å². The van der Waals surface area contributed by atoms with Gasteiger partial charge in [0.2, 0.25) is 0 Å². The monoisotopic (exact) mass is 289 g/mol. The van der Waals surface area contributed by atoms with E-state index in [0.717, 1.165) is 5.69 Å². The number of phenols is 1. The normalized spacial score (nSPS) is 10.6. The van der Waals surface area contributed by atoms with Crippen molar-refractivity contribution in [3.05, 3.63) is 58.6 Å². The highest BCUT2D eigenvalue weighted by atomic mass is 35.5. The lowest BCUT2D eigenvalue weighted by molar-refractivity contribution is 0.102. The molecule has 0 aliphatic heterocycles. The van der Waals surface area contributed by atoms with Crippen LogP contribution in [0.1, 0.15) is 35.7 Å².